The lowest BCUT2D eigenvalue weighted by molar-refractivity contribution is -0.462. The van der Waals surface area contributed by atoms with Crippen molar-refractivity contribution in [2.24, 2.45) is 0 Å². The van der Waals surface area contributed by atoms with Crippen LogP contribution in [0, 0.1) is 0 Å². The van der Waals surface area contributed by atoms with Gasteiger partial charge in [0.05, 0.1) is 0 Å². The first-order valence-corrected chi connectivity index (χ1v) is 3.57. The molecule has 4 nitrogen and oxygen atoms in total. The van der Waals surface area contributed by atoms with Crippen LogP contribution in [0.15, 0.2) is 0 Å². The summed E-state index contributed by atoms with van der Waals surface area (Å²) >= 11 is 0. The van der Waals surface area contributed by atoms with E-state index in [-0.39, 0.29) is 0 Å². The van der Waals surface area contributed by atoms with E-state index in [9.17, 15) is 0 Å². The number of carbonyl (C=O) groups excluding carboxylic acids is 1. The van der Waals surface area contributed by atoms with Gasteiger partial charge in [-0.3, -0.25) is 14.2 Å². The zero-order chi connectivity index (χ0) is 8.10. The lowest BCUT2D eigenvalue weighted by atomic mass is 10.4. The Morgan fingerprint density at radius 3 is 2.55 bits per heavy atom. The summed E-state index contributed by atoms with van der Waals surface area (Å²) in [5.41, 5.74) is 0. The van der Waals surface area contributed by atoms with Gasteiger partial charge in [-0.05, 0) is 0 Å². The van der Waals surface area contributed by atoms with E-state index in [1.807, 2.05) is 0 Å². The number of esters is 1. The van der Waals surface area contributed by atoms with E-state index in [0.717, 1.165) is 19.4 Å². The summed E-state index contributed by atoms with van der Waals surface area (Å²) in [6.07, 6.45) is 1.85. The molecule has 0 saturated heterocycles. The van der Waals surface area contributed by atoms with Crippen LogP contribution < -0.4 is 0 Å². The Morgan fingerprint density at radius 2 is 2.09 bits per heavy atom. The summed E-state index contributed by atoms with van der Waals surface area (Å²) in [5, 5.41) is 0. The Hall–Kier alpha value is -0.610. The van der Waals surface area contributed by atoms with Gasteiger partial charge in [-0.15, -0.1) is 0 Å². The summed E-state index contributed by atoms with van der Waals surface area (Å²) < 4.78 is 19.9. The Balaban J connectivity index is 2.27. The lowest BCUT2D eigenvalue weighted by Crippen LogP contribution is -2.21. The maximum absolute atomic E-state index is 5.16. The van der Waals surface area contributed by atoms with Crippen molar-refractivity contribution in [1.82, 2.24) is 0 Å². The Morgan fingerprint density at radius 1 is 1.36 bits per heavy atom. The smallest absolute Gasteiger partial charge is 0.322 e. The molecule has 0 atom stereocenters. The van der Waals surface area contributed by atoms with Gasteiger partial charge in [0.25, 0.3) is 0 Å². The van der Waals surface area contributed by atoms with Crippen molar-refractivity contribution < 1.29 is 18.6 Å². The van der Waals surface area contributed by atoms with E-state index in [1.54, 1.807) is 0 Å². The molecule has 64 valence electrons. The van der Waals surface area contributed by atoms with Gasteiger partial charge in [0.1, 0.15) is 6.42 Å². The van der Waals surface area contributed by atoms with Crippen molar-refractivity contribution in [2.45, 2.75) is 19.3 Å². The van der Waals surface area contributed by atoms with Gasteiger partial charge in [-0.2, -0.15) is 0 Å². The third-order valence-electron chi connectivity index (χ3n) is 1.40. The van der Waals surface area contributed by atoms with Gasteiger partial charge in [-0.1, -0.05) is 0 Å². The second-order valence-corrected chi connectivity index (χ2v) is 2.20. The van der Waals surface area contributed by atoms with Gasteiger partial charge >= 0.3 is 12.4 Å². The van der Waals surface area contributed by atoms with Crippen molar-refractivity contribution in [1.29, 1.82) is 0 Å². The molecule has 0 bridgehead atoms. The van der Waals surface area contributed by atoms with Crippen LogP contribution in [-0.4, -0.2) is 33.3 Å². The fourth-order valence-corrected chi connectivity index (χ4v) is 0.867. The average molecular weight is 161 g/mol. The zero-order valence-corrected chi connectivity index (χ0v) is 6.83. The molecule has 11 heavy (non-hydrogen) atoms. The quantitative estimate of drug-likeness (QED) is 0.342. The minimum Gasteiger partial charge on any atom is -0.322 e. The number of methoxy groups -OCH3 is 2. The molecule has 0 aromatic heterocycles. The summed E-state index contributed by atoms with van der Waals surface area (Å²) in [5.74, 6) is 0.610. The predicted molar refractivity (Wildman–Crippen MR) is 38.0 cm³/mol. The average Bonchev–Trinajstić information content (AvgIpc) is 2.52. The van der Waals surface area contributed by atoms with Crippen LogP contribution >= 0.6 is 0 Å². The van der Waals surface area contributed by atoms with Crippen LogP contribution in [0.5, 0.6) is 0 Å². The van der Waals surface area contributed by atoms with Crippen molar-refractivity contribution in [3.63, 3.8) is 0 Å². The van der Waals surface area contributed by atoms with Crippen molar-refractivity contribution in [3.05, 3.63) is 0 Å². The van der Waals surface area contributed by atoms with Crippen molar-refractivity contribution in [3.8, 4) is 0 Å². The van der Waals surface area contributed by atoms with Crippen LogP contribution in [0.3, 0.4) is 0 Å². The predicted octanol–water partition coefficient (Wildman–Crippen LogP) is 0.435. The minimum absolute atomic E-state index is 0.610. The van der Waals surface area contributed by atoms with E-state index in [4.69, 9.17) is 18.6 Å². The molecule has 0 saturated carbocycles. The summed E-state index contributed by atoms with van der Waals surface area (Å²) in [6, 6.07) is 0. The van der Waals surface area contributed by atoms with E-state index in [1.165, 1.54) is 14.2 Å². The highest BCUT2D eigenvalue weighted by molar-refractivity contribution is 5.70. The second kappa shape index (κ2) is 4.31. The first kappa shape index (κ1) is 8.49. The van der Waals surface area contributed by atoms with Crippen LogP contribution in [0.1, 0.15) is 12.8 Å². The first-order valence-electron chi connectivity index (χ1n) is 3.57. The molecular weight excluding hydrogens is 148 g/mol. The molecule has 0 aromatic carbocycles. The monoisotopic (exact) mass is 161 g/mol. The number of hydrogen-bond acceptors (Lipinski definition) is 3. The minimum atomic E-state index is -0.636. The number of rotatable bonds is 3. The fraction of sp³-hybridized carbons (Fsp3) is 0.857. The summed E-state index contributed by atoms with van der Waals surface area (Å²) in [6.45, 7) is 0.0956. The highest BCUT2D eigenvalue weighted by Crippen LogP contribution is 2.04. The molecule has 0 aliphatic carbocycles. The highest BCUT2D eigenvalue weighted by atomic mass is 16.8. The van der Waals surface area contributed by atoms with Crippen LogP contribution in [0.4, 0.5) is 0 Å². The molecule has 0 N–H and O–H groups in total. The van der Waals surface area contributed by atoms with Gasteiger partial charge < -0.3 is 4.42 Å². The lowest BCUT2D eigenvalue weighted by Gasteiger charge is -2.04. The molecule has 1 aliphatic heterocycles. The van der Waals surface area contributed by atoms with Gasteiger partial charge in [0.2, 0.25) is 0 Å². The number of ether oxygens (including phenoxy) is 3. The standard InChI is InChI=1S/C7H13O4/c1-8-7(9-2)11-6-4-3-5-10-6/h7H,3-5H2,1-2H3/q+1. The molecule has 1 aliphatic rings. The Kier molecular flexibility index (Phi) is 3.32. The summed E-state index contributed by atoms with van der Waals surface area (Å²) in [7, 11) is 3.04. The SMILES string of the molecule is COC(OC)OC1=[O+]CCC1. The molecule has 0 unspecified atom stereocenters. The molecule has 0 amide bonds. The van der Waals surface area contributed by atoms with Gasteiger partial charge in [0.15, 0.2) is 6.61 Å². The van der Waals surface area contributed by atoms with E-state index < -0.39 is 6.48 Å². The molecule has 1 rings (SSSR count). The van der Waals surface area contributed by atoms with Crippen molar-refractivity contribution >= 4 is 5.97 Å². The zero-order valence-electron chi connectivity index (χ0n) is 6.83. The summed E-state index contributed by atoms with van der Waals surface area (Å²) in [4.78, 5) is 0. The van der Waals surface area contributed by atoms with E-state index in [0.29, 0.717) is 5.97 Å². The molecule has 1 heterocycles. The van der Waals surface area contributed by atoms with Crippen LogP contribution in [0.25, 0.3) is 0 Å². The molecular formula is C7H13O4+. The van der Waals surface area contributed by atoms with Crippen LogP contribution in [-0.2, 0) is 18.6 Å². The topological polar surface area (TPSA) is 39.0 Å². The molecule has 0 fully saturated rings. The molecule has 4 heteroatoms. The van der Waals surface area contributed by atoms with Gasteiger partial charge in [-0.25, -0.2) is 0 Å². The normalized spacial score (nSPS) is 17.2. The first-order chi connectivity index (χ1) is 5.36. The Labute approximate surface area is 65.7 Å². The fourth-order valence-electron chi connectivity index (χ4n) is 0.867. The maximum atomic E-state index is 5.16. The van der Waals surface area contributed by atoms with E-state index in [2.05, 4.69) is 0 Å². The van der Waals surface area contributed by atoms with Crippen molar-refractivity contribution in [2.75, 3.05) is 20.8 Å². The number of hydrogen-bond donors (Lipinski definition) is 0. The molecule has 0 radical (unpaired) electrons. The molecule has 0 spiro atoms. The largest absolute Gasteiger partial charge is 0.489 e. The third-order valence-corrected chi connectivity index (χ3v) is 1.40. The van der Waals surface area contributed by atoms with Gasteiger partial charge in [0, 0.05) is 20.6 Å². The maximum Gasteiger partial charge on any atom is 0.489 e. The highest BCUT2D eigenvalue weighted by Gasteiger charge is 2.26. The Bertz CT molecular complexity index is 139. The van der Waals surface area contributed by atoms with E-state index >= 15 is 0 Å². The third kappa shape index (κ3) is 2.48. The van der Waals surface area contributed by atoms with Crippen LogP contribution in [0.2, 0.25) is 0 Å². The second-order valence-electron chi connectivity index (χ2n) is 2.20. The molecule has 0 aromatic rings.